The molecule has 0 bridgehead atoms. The molecule has 2 aromatic rings. The molecule has 0 amide bonds. The van der Waals surface area contributed by atoms with E-state index < -0.39 is 0 Å². The first-order chi connectivity index (χ1) is 10.2. The van der Waals surface area contributed by atoms with Crippen molar-refractivity contribution in [3.05, 3.63) is 24.0 Å². The lowest BCUT2D eigenvalue weighted by atomic mass is 10.2. The molecular formula is C16H22N4O. The maximum Gasteiger partial charge on any atom is 0.113 e. The topological polar surface area (TPSA) is 56.3 Å². The fourth-order valence-electron chi connectivity index (χ4n) is 3.19. The van der Waals surface area contributed by atoms with Gasteiger partial charge in [0.15, 0.2) is 0 Å². The summed E-state index contributed by atoms with van der Waals surface area (Å²) in [7, 11) is 2.16. The first kappa shape index (κ1) is 13.1. The molecule has 4 rings (SSSR count). The van der Waals surface area contributed by atoms with Crippen LogP contribution in [0.4, 0.5) is 5.69 Å². The van der Waals surface area contributed by atoms with Gasteiger partial charge in [-0.3, -0.25) is 0 Å². The molecule has 1 saturated heterocycles. The van der Waals surface area contributed by atoms with E-state index in [0.29, 0.717) is 5.92 Å². The van der Waals surface area contributed by atoms with Gasteiger partial charge in [0.25, 0.3) is 0 Å². The number of nitrogen functional groups attached to an aromatic ring is 1. The van der Waals surface area contributed by atoms with Crippen molar-refractivity contribution < 1.29 is 4.74 Å². The highest BCUT2D eigenvalue weighted by molar-refractivity contribution is 5.79. The first-order valence-electron chi connectivity index (χ1n) is 7.76. The van der Waals surface area contributed by atoms with E-state index in [1.807, 2.05) is 12.1 Å². The Morgan fingerprint density at radius 2 is 2.24 bits per heavy atom. The highest BCUT2D eigenvalue weighted by Crippen LogP contribution is 2.41. The molecule has 1 atom stereocenters. The molecule has 2 N–H and O–H groups in total. The largest absolute Gasteiger partial charge is 0.399 e. The van der Waals surface area contributed by atoms with Crippen molar-refractivity contribution in [2.24, 2.45) is 0 Å². The molecular weight excluding hydrogens is 264 g/mol. The summed E-state index contributed by atoms with van der Waals surface area (Å²) >= 11 is 0. The number of morpholine rings is 1. The fraction of sp³-hybridized carbons (Fsp3) is 0.562. The smallest absolute Gasteiger partial charge is 0.113 e. The maximum absolute atomic E-state index is 5.93. The molecule has 21 heavy (non-hydrogen) atoms. The Bertz CT molecular complexity index is 662. The van der Waals surface area contributed by atoms with Crippen LogP contribution in [-0.2, 0) is 11.3 Å². The molecule has 112 valence electrons. The number of aromatic nitrogens is 2. The third-order valence-electron chi connectivity index (χ3n) is 4.47. The second-order valence-electron chi connectivity index (χ2n) is 6.36. The lowest BCUT2D eigenvalue weighted by Gasteiger charge is -2.30. The molecule has 2 fully saturated rings. The van der Waals surface area contributed by atoms with Crippen molar-refractivity contribution >= 4 is 16.7 Å². The van der Waals surface area contributed by atoms with Crippen molar-refractivity contribution in [2.45, 2.75) is 31.4 Å². The quantitative estimate of drug-likeness (QED) is 0.875. The third kappa shape index (κ3) is 2.51. The number of ether oxygens (including phenoxy) is 1. The van der Waals surface area contributed by atoms with Crippen LogP contribution >= 0.6 is 0 Å². The number of anilines is 1. The molecule has 5 nitrogen and oxygen atoms in total. The van der Waals surface area contributed by atoms with Crippen LogP contribution in [0.2, 0.25) is 0 Å². The predicted octanol–water partition coefficient (Wildman–Crippen LogP) is 1.83. The van der Waals surface area contributed by atoms with Crippen LogP contribution in [0.3, 0.4) is 0 Å². The van der Waals surface area contributed by atoms with Crippen LogP contribution in [-0.4, -0.2) is 47.3 Å². The molecule has 1 aromatic heterocycles. The van der Waals surface area contributed by atoms with Gasteiger partial charge in [-0.2, -0.15) is 0 Å². The molecule has 1 unspecified atom stereocenters. The number of hydrogen-bond acceptors (Lipinski definition) is 4. The molecule has 2 heterocycles. The minimum atomic E-state index is 0.246. The number of nitrogens with two attached hydrogens (primary N) is 1. The minimum absolute atomic E-state index is 0.246. The standard InChI is InChI=1S/C16H22N4O/c1-19-6-7-21-13(9-19)10-20-15-5-4-12(17)8-14(15)18-16(20)11-2-3-11/h4-5,8,11,13H,2-3,6-7,9-10,17H2,1H3. The van der Waals surface area contributed by atoms with E-state index in [1.165, 1.54) is 24.2 Å². The van der Waals surface area contributed by atoms with Crippen molar-refractivity contribution in [3.63, 3.8) is 0 Å². The number of fused-ring (bicyclic) bond motifs is 1. The molecule has 0 radical (unpaired) electrons. The number of hydrogen-bond donors (Lipinski definition) is 1. The number of likely N-dealkylation sites (N-methyl/N-ethyl adjacent to an activating group) is 1. The highest BCUT2D eigenvalue weighted by atomic mass is 16.5. The van der Waals surface area contributed by atoms with Gasteiger partial charge >= 0.3 is 0 Å². The fourth-order valence-corrected chi connectivity index (χ4v) is 3.19. The van der Waals surface area contributed by atoms with E-state index in [2.05, 4.69) is 22.6 Å². The van der Waals surface area contributed by atoms with Crippen LogP contribution in [0, 0.1) is 0 Å². The van der Waals surface area contributed by atoms with Crippen molar-refractivity contribution in [3.8, 4) is 0 Å². The maximum atomic E-state index is 5.93. The lowest BCUT2D eigenvalue weighted by Crippen LogP contribution is -2.42. The number of benzene rings is 1. The normalized spacial score (nSPS) is 23.8. The lowest BCUT2D eigenvalue weighted by molar-refractivity contribution is -0.0272. The summed E-state index contributed by atoms with van der Waals surface area (Å²) in [6.45, 7) is 3.71. The van der Waals surface area contributed by atoms with Gasteiger partial charge in [-0.1, -0.05) is 0 Å². The Hall–Kier alpha value is -1.59. The molecule has 1 aliphatic carbocycles. The van der Waals surface area contributed by atoms with E-state index in [-0.39, 0.29) is 6.10 Å². The van der Waals surface area contributed by atoms with Gasteiger partial charge in [-0.15, -0.1) is 0 Å². The summed E-state index contributed by atoms with van der Waals surface area (Å²) in [6, 6.07) is 6.03. The third-order valence-corrected chi connectivity index (χ3v) is 4.47. The van der Waals surface area contributed by atoms with Crippen LogP contribution in [0.15, 0.2) is 18.2 Å². The van der Waals surface area contributed by atoms with Gasteiger partial charge in [0.2, 0.25) is 0 Å². The highest BCUT2D eigenvalue weighted by Gasteiger charge is 2.31. The zero-order chi connectivity index (χ0) is 14.4. The van der Waals surface area contributed by atoms with E-state index >= 15 is 0 Å². The Kier molecular flexibility index (Phi) is 3.12. The van der Waals surface area contributed by atoms with Gasteiger partial charge < -0.3 is 19.9 Å². The number of nitrogens with zero attached hydrogens (tertiary/aromatic N) is 3. The Labute approximate surface area is 124 Å². The Morgan fingerprint density at radius 3 is 3.00 bits per heavy atom. The monoisotopic (exact) mass is 286 g/mol. The second kappa shape index (κ2) is 5.00. The number of rotatable bonds is 3. The van der Waals surface area contributed by atoms with Gasteiger partial charge in [0.05, 0.1) is 30.3 Å². The summed E-state index contributed by atoms with van der Waals surface area (Å²) in [4.78, 5) is 7.17. The zero-order valence-corrected chi connectivity index (χ0v) is 12.5. The van der Waals surface area contributed by atoms with Gasteiger partial charge in [0, 0.05) is 24.7 Å². The second-order valence-corrected chi connectivity index (χ2v) is 6.36. The minimum Gasteiger partial charge on any atom is -0.399 e. The van der Waals surface area contributed by atoms with E-state index in [1.54, 1.807) is 0 Å². The average Bonchev–Trinajstić information content (AvgIpc) is 3.23. The van der Waals surface area contributed by atoms with Gasteiger partial charge in [-0.25, -0.2) is 4.98 Å². The van der Waals surface area contributed by atoms with Crippen LogP contribution in [0.5, 0.6) is 0 Å². The van der Waals surface area contributed by atoms with Crippen molar-refractivity contribution in [2.75, 3.05) is 32.5 Å². The molecule has 5 heteroatoms. The predicted molar refractivity (Wildman–Crippen MR) is 83.4 cm³/mol. The SMILES string of the molecule is CN1CCOC(Cn2c(C3CC3)nc3cc(N)ccc32)C1. The van der Waals surface area contributed by atoms with Gasteiger partial charge in [-0.05, 0) is 38.1 Å². The van der Waals surface area contributed by atoms with Gasteiger partial charge in [0.1, 0.15) is 5.82 Å². The summed E-state index contributed by atoms with van der Waals surface area (Å²) < 4.78 is 8.29. The molecule has 1 aromatic carbocycles. The summed E-state index contributed by atoms with van der Waals surface area (Å²) in [5.74, 6) is 1.84. The Morgan fingerprint density at radius 1 is 1.38 bits per heavy atom. The molecule has 2 aliphatic rings. The number of imidazole rings is 1. The zero-order valence-electron chi connectivity index (χ0n) is 12.5. The molecule has 1 saturated carbocycles. The van der Waals surface area contributed by atoms with Crippen molar-refractivity contribution in [1.82, 2.24) is 14.5 Å². The van der Waals surface area contributed by atoms with Crippen LogP contribution in [0.1, 0.15) is 24.6 Å². The summed E-state index contributed by atoms with van der Waals surface area (Å²) in [5.41, 5.74) is 8.88. The van der Waals surface area contributed by atoms with Crippen LogP contribution in [0.25, 0.3) is 11.0 Å². The molecule has 0 spiro atoms. The van der Waals surface area contributed by atoms with E-state index in [4.69, 9.17) is 15.5 Å². The summed E-state index contributed by atoms with van der Waals surface area (Å²) in [6.07, 6.45) is 2.75. The van der Waals surface area contributed by atoms with Crippen molar-refractivity contribution in [1.29, 1.82) is 0 Å². The van der Waals surface area contributed by atoms with Crippen LogP contribution < -0.4 is 5.73 Å². The van der Waals surface area contributed by atoms with E-state index in [0.717, 1.165) is 37.4 Å². The Balaban J connectivity index is 1.70. The molecule has 1 aliphatic heterocycles. The first-order valence-corrected chi connectivity index (χ1v) is 7.76. The van der Waals surface area contributed by atoms with E-state index in [9.17, 15) is 0 Å². The average molecular weight is 286 g/mol. The summed E-state index contributed by atoms with van der Waals surface area (Å²) in [5, 5.41) is 0.